The third-order valence-electron chi connectivity index (χ3n) is 3.18. The van der Waals surface area contributed by atoms with Crippen molar-refractivity contribution in [1.82, 2.24) is 9.97 Å². The fourth-order valence-electron chi connectivity index (χ4n) is 2.00. The Balaban J connectivity index is 1.74. The Hall–Kier alpha value is -2.52. The molecule has 7 nitrogen and oxygen atoms in total. The highest BCUT2D eigenvalue weighted by Crippen LogP contribution is 2.21. The van der Waals surface area contributed by atoms with Gasteiger partial charge >= 0.3 is 0 Å². The van der Waals surface area contributed by atoms with Crippen LogP contribution in [-0.4, -0.2) is 15.9 Å². The van der Waals surface area contributed by atoms with Crippen LogP contribution in [0.1, 0.15) is 16.1 Å². The Morgan fingerprint density at radius 1 is 1.28 bits per heavy atom. The van der Waals surface area contributed by atoms with E-state index in [2.05, 4.69) is 31.2 Å². The van der Waals surface area contributed by atoms with Gasteiger partial charge < -0.3 is 15.5 Å². The van der Waals surface area contributed by atoms with E-state index in [1.165, 1.54) is 17.8 Å². The summed E-state index contributed by atoms with van der Waals surface area (Å²) in [5.41, 5.74) is 6.28. The molecule has 2 heterocycles. The minimum absolute atomic E-state index is 0.0493. The summed E-state index contributed by atoms with van der Waals surface area (Å²) in [7, 11) is 0. The largest absolute Gasteiger partial charge is 0.444 e. The molecule has 0 saturated carbocycles. The Morgan fingerprint density at radius 2 is 2.04 bits per heavy atom. The first-order valence-electron chi connectivity index (χ1n) is 7.16. The van der Waals surface area contributed by atoms with E-state index in [9.17, 15) is 9.59 Å². The van der Waals surface area contributed by atoms with Crippen LogP contribution in [0, 0.1) is 0 Å². The lowest BCUT2D eigenvalue weighted by Gasteiger charge is -2.07. The van der Waals surface area contributed by atoms with Crippen LogP contribution < -0.4 is 16.6 Å². The number of aromatic nitrogens is 2. The summed E-state index contributed by atoms with van der Waals surface area (Å²) in [5.74, 6) is 0.0379. The summed E-state index contributed by atoms with van der Waals surface area (Å²) in [4.78, 5) is 31.0. The Bertz CT molecular complexity index is 956. The maximum Gasteiger partial charge on any atom is 0.291 e. The summed E-state index contributed by atoms with van der Waals surface area (Å²) in [6, 6.07) is 12.8. The number of furan rings is 1. The highest BCUT2D eigenvalue weighted by Gasteiger charge is 2.16. The quantitative estimate of drug-likeness (QED) is 0.431. The van der Waals surface area contributed by atoms with Crippen molar-refractivity contribution < 1.29 is 9.21 Å². The number of anilines is 2. The Labute approximate surface area is 155 Å². The summed E-state index contributed by atoms with van der Waals surface area (Å²) in [6.07, 6.45) is 0. The minimum Gasteiger partial charge on any atom is -0.444 e. The first kappa shape index (κ1) is 17.3. The van der Waals surface area contributed by atoms with Crippen LogP contribution in [0.3, 0.4) is 0 Å². The molecule has 128 valence electrons. The van der Waals surface area contributed by atoms with Crippen molar-refractivity contribution in [3.05, 3.63) is 68.8 Å². The van der Waals surface area contributed by atoms with Gasteiger partial charge in [0.1, 0.15) is 0 Å². The van der Waals surface area contributed by atoms with Gasteiger partial charge in [0.15, 0.2) is 27.1 Å². The molecule has 4 N–H and O–H groups in total. The fraction of sp³-hybridized carbons (Fsp3) is 0.0625. The third kappa shape index (κ3) is 4.31. The van der Waals surface area contributed by atoms with Crippen molar-refractivity contribution in [3.63, 3.8) is 0 Å². The van der Waals surface area contributed by atoms with Gasteiger partial charge in [0.05, 0.1) is 0 Å². The van der Waals surface area contributed by atoms with E-state index in [0.717, 1.165) is 5.56 Å². The van der Waals surface area contributed by atoms with Crippen LogP contribution in [0.2, 0.25) is 0 Å². The van der Waals surface area contributed by atoms with Crippen LogP contribution in [0.5, 0.6) is 0 Å². The van der Waals surface area contributed by atoms with Gasteiger partial charge in [-0.3, -0.25) is 14.6 Å². The lowest BCUT2D eigenvalue weighted by atomic mass is 10.2. The zero-order valence-corrected chi connectivity index (χ0v) is 15.2. The number of carbonyl (C=O) groups is 1. The number of nitrogen functional groups attached to an aromatic ring is 1. The Morgan fingerprint density at radius 3 is 2.68 bits per heavy atom. The van der Waals surface area contributed by atoms with Gasteiger partial charge in [0.25, 0.3) is 11.5 Å². The number of H-pyrrole nitrogens is 1. The predicted molar refractivity (Wildman–Crippen MR) is 99.6 cm³/mol. The van der Waals surface area contributed by atoms with E-state index in [0.29, 0.717) is 15.6 Å². The number of benzene rings is 1. The second kappa shape index (κ2) is 7.58. The van der Waals surface area contributed by atoms with Crippen molar-refractivity contribution in [2.24, 2.45) is 0 Å². The van der Waals surface area contributed by atoms with Crippen molar-refractivity contribution in [2.45, 2.75) is 10.9 Å². The molecule has 0 saturated heterocycles. The monoisotopic (exact) mass is 420 g/mol. The normalized spacial score (nSPS) is 10.6. The second-order valence-electron chi connectivity index (χ2n) is 4.96. The molecule has 0 unspecified atom stereocenters. The number of nitrogens with two attached hydrogens (primary N) is 1. The zero-order valence-electron chi connectivity index (χ0n) is 12.8. The van der Waals surface area contributed by atoms with E-state index in [4.69, 9.17) is 10.2 Å². The molecule has 1 amide bonds. The fourth-order valence-corrected chi connectivity index (χ4v) is 3.13. The van der Waals surface area contributed by atoms with E-state index >= 15 is 0 Å². The average molecular weight is 421 g/mol. The van der Waals surface area contributed by atoms with Gasteiger partial charge in [0.2, 0.25) is 0 Å². The summed E-state index contributed by atoms with van der Waals surface area (Å²) >= 11 is 4.45. The molecular formula is C16H13BrN4O3S. The van der Waals surface area contributed by atoms with Gasteiger partial charge in [-0.05, 0) is 33.6 Å². The molecule has 3 rings (SSSR count). The van der Waals surface area contributed by atoms with Gasteiger partial charge in [-0.15, -0.1) is 0 Å². The van der Waals surface area contributed by atoms with Crippen LogP contribution in [-0.2, 0) is 5.75 Å². The number of amides is 1. The number of carbonyl (C=O) groups excluding carboxylic acids is 1. The van der Waals surface area contributed by atoms with E-state index in [1.807, 2.05) is 30.3 Å². The number of aromatic amines is 1. The van der Waals surface area contributed by atoms with Crippen LogP contribution in [0.4, 0.5) is 11.5 Å². The molecule has 9 heteroatoms. The second-order valence-corrected chi connectivity index (χ2v) is 6.71. The summed E-state index contributed by atoms with van der Waals surface area (Å²) in [5, 5.41) is 2.79. The van der Waals surface area contributed by atoms with Crippen LogP contribution in [0.25, 0.3) is 0 Å². The number of thioether (sulfide) groups is 1. The summed E-state index contributed by atoms with van der Waals surface area (Å²) < 4.78 is 5.54. The third-order valence-corrected chi connectivity index (χ3v) is 4.55. The number of hydrogen-bond donors (Lipinski definition) is 3. The number of nitrogens with one attached hydrogen (secondary N) is 2. The van der Waals surface area contributed by atoms with Gasteiger partial charge in [-0.2, -0.15) is 0 Å². The van der Waals surface area contributed by atoms with Gasteiger partial charge in [-0.25, -0.2) is 4.98 Å². The number of hydrogen-bond acceptors (Lipinski definition) is 6. The highest BCUT2D eigenvalue weighted by molar-refractivity contribution is 9.10. The zero-order chi connectivity index (χ0) is 17.8. The SMILES string of the molecule is Nc1nc(SCc2ccccc2)[nH]c(=O)c1NC(=O)c1ccc(Br)o1. The smallest absolute Gasteiger partial charge is 0.291 e. The van der Waals surface area contributed by atoms with Gasteiger partial charge in [0, 0.05) is 5.75 Å². The molecule has 0 atom stereocenters. The van der Waals surface area contributed by atoms with E-state index in [1.54, 1.807) is 6.07 Å². The molecule has 0 aliphatic carbocycles. The molecule has 3 aromatic rings. The maximum atomic E-state index is 12.2. The predicted octanol–water partition coefficient (Wildman–Crippen LogP) is 3.25. The summed E-state index contributed by atoms with van der Waals surface area (Å²) in [6.45, 7) is 0. The Kier molecular flexibility index (Phi) is 5.25. The minimum atomic E-state index is -0.589. The maximum absolute atomic E-state index is 12.2. The topological polar surface area (TPSA) is 114 Å². The molecule has 0 fully saturated rings. The molecule has 0 aliphatic rings. The van der Waals surface area contributed by atoms with Crippen molar-refractivity contribution in [3.8, 4) is 0 Å². The van der Waals surface area contributed by atoms with E-state index < -0.39 is 11.5 Å². The molecular weight excluding hydrogens is 408 g/mol. The number of nitrogens with zero attached hydrogens (tertiary/aromatic N) is 1. The lowest BCUT2D eigenvalue weighted by molar-refractivity contribution is 0.0995. The lowest BCUT2D eigenvalue weighted by Crippen LogP contribution is -2.22. The van der Waals surface area contributed by atoms with Crippen molar-refractivity contribution in [2.75, 3.05) is 11.1 Å². The van der Waals surface area contributed by atoms with E-state index in [-0.39, 0.29) is 17.3 Å². The highest BCUT2D eigenvalue weighted by atomic mass is 79.9. The van der Waals surface area contributed by atoms with Crippen LogP contribution in [0.15, 0.2) is 61.5 Å². The average Bonchev–Trinajstić information content (AvgIpc) is 3.03. The molecule has 2 aromatic heterocycles. The van der Waals surface area contributed by atoms with Gasteiger partial charge in [-0.1, -0.05) is 42.1 Å². The first-order valence-corrected chi connectivity index (χ1v) is 8.94. The molecule has 0 radical (unpaired) electrons. The molecule has 0 aliphatic heterocycles. The number of rotatable bonds is 5. The molecule has 0 bridgehead atoms. The molecule has 1 aromatic carbocycles. The standard InChI is InChI=1S/C16H13BrN4O3S/c17-11-7-6-10(24-11)14(22)19-12-13(18)20-16(21-15(12)23)25-8-9-4-2-1-3-5-9/h1-7H,8H2,(H,19,22)(H3,18,20,21,23). The molecule has 25 heavy (non-hydrogen) atoms. The van der Waals surface area contributed by atoms with Crippen LogP contribution >= 0.6 is 27.7 Å². The van der Waals surface area contributed by atoms with Crippen molar-refractivity contribution in [1.29, 1.82) is 0 Å². The first-order chi connectivity index (χ1) is 12.0. The van der Waals surface area contributed by atoms with Crippen molar-refractivity contribution >= 4 is 45.1 Å². The number of halogens is 1. The molecule has 0 spiro atoms.